The molecule has 0 bridgehead atoms. The minimum absolute atomic E-state index is 0.0477. The van der Waals surface area contributed by atoms with Gasteiger partial charge in [-0.05, 0) is 23.8 Å². The number of aromatic carboxylic acids is 1. The maximum Gasteiger partial charge on any atom is 0.341 e. The van der Waals surface area contributed by atoms with E-state index >= 15 is 0 Å². The Morgan fingerprint density at radius 2 is 2.00 bits per heavy atom. The number of aromatic nitrogens is 1. The van der Waals surface area contributed by atoms with E-state index in [1.807, 2.05) is 12.1 Å². The van der Waals surface area contributed by atoms with Gasteiger partial charge in [-0.25, -0.2) is 4.79 Å². The highest BCUT2D eigenvalue weighted by Gasteiger charge is 2.10. The zero-order valence-electron chi connectivity index (χ0n) is 9.34. The van der Waals surface area contributed by atoms with E-state index in [0.717, 1.165) is 5.56 Å². The number of carboxylic acid groups (broad SMARTS) is 1. The SMILES string of the molecule is O=C(O)c1cnccc1OCc1ccc(Cl)cc1. The molecule has 18 heavy (non-hydrogen) atoms. The first-order chi connectivity index (χ1) is 8.66. The number of carbonyl (C=O) groups is 1. The van der Waals surface area contributed by atoms with Gasteiger partial charge >= 0.3 is 5.97 Å². The summed E-state index contributed by atoms with van der Waals surface area (Å²) in [4.78, 5) is 14.7. The average Bonchev–Trinajstić information content (AvgIpc) is 2.38. The van der Waals surface area contributed by atoms with Crippen LogP contribution in [0, 0.1) is 0 Å². The highest BCUT2D eigenvalue weighted by molar-refractivity contribution is 6.30. The van der Waals surface area contributed by atoms with Gasteiger partial charge < -0.3 is 9.84 Å². The van der Waals surface area contributed by atoms with Crippen molar-refractivity contribution in [2.75, 3.05) is 0 Å². The van der Waals surface area contributed by atoms with Gasteiger partial charge in [0.15, 0.2) is 0 Å². The molecule has 0 amide bonds. The minimum atomic E-state index is -1.06. The number of ether oxygens (including phenoxy) is 1. The lowest BCUT2D eigenvalue weighted by Crippen LogP contribution is -2.03. The summed E-state index contributed by atoms with van der Waals surface area (Å²) in [7, 11) is 0. The van der Waals surface area contributed by atoms with Gasteiger partial charge in [0.1, 0.15) is 17.9 Å². The molecule has 0 aliphatic carbocycles. The molecular formula is C13H10ClNO3. The fourth-order valence-corrected chi connectivity index (χ4v) is 1.54. The molecule has 0 unspecified atom stereocenters. The second-order valence-corrected chi connectivity index (χ2v) is 4.03. The minimum Gasteiger partial charge on any atom is -0.488 e. The fraction of sp³-hybridized carbons (Fsp3) is 0.0769. The van der Waals surface area contributed by atoms with Crippen molar-refractivity contribution < 1.29 is 14.6 Å². The van der Waals surface area contributed by atoms with Gasteiger partial charge in [-0.3, -0.25) is 4.98 Å². The van der Waals surface area contributed by atoms with Crippen LogP contribution in [0.5, 0.6) is 5.75 Å². The summed E-state index contributed by atoms with van der Waals surface area (Å²) in [6, 6.07) is 8.68. The third-order valence-corrected chi connectivity index (χ3v) is 2.57. The number of halogens is 1. The lowest BCUT2D eigenvalue weighted by atomic mass is 10.2. The molecule has 0 radical (unpaired) electrons. The first-order valence-corrected chi connectivity index (χ1v) is 5.59. The van der Waals surface area contributed by atoms with Gasteiger partial charge in [-0.15, -0.1) is 0 Å². The molecule has 1 heterocycles. The Balaban J connectivity index is 2.10. The van der Waals surface area contributed by atoms with Gasteiger partial charge in [0.05, 0.1) is 0 Å². The van der Waals surface area contributed by atoms with Crippen LogP contribution in [0.15, 0.2) is 42.7 Å². The van der Waals surface area contributed by atoms with Crippen molar-refractivity contribution in [2.24, 2.45) is 0 Å². The zero-order chi connectivity index (χ0) is 13.0. The van der Waals surface area contributed by atoms with Gasteiger partial charge in [-0.1, -0.05) is 23.7 Å². The van der Waals surface area contributed by atoms with Crippen LogP contribution in [0.4, 0.5) is 0 Å². The molecular weight excluding hydrogens is 254 g/mol. The van der Waals surface area contributed by atoms with Crippen molar-refractivity contribution in [3.05, 3.63) is 58.9 Å². The van der Waals surface area contributed by atoms with Crippen molar-refractivity contribution in [1.29, 1.82) is 0 Å². The van der Waals surface area contributed by atoms with E-state index < -0.39 is 5.97 Å². The number of carboxylic acids is 1. The van der Waals surface area contributed by atoms with Gasteiger partial charge in [-0.2, -0.15) is 0 Å². The van der Waals surface area contributed by atoms with Crippen LogP contribution in [0.3, 0.4) is 0 Å². The summed E-state index contributed by atoms with van der Waals surface area (Å²) in [6.45, 7) is 0.279. The summed E-state index contributed by atoms with van der Waals surface area (Å²) in [5, 5.41) is 9.61. The Bertz CT molecular complexity index is 554. The number of benzene rings is 1. The number of nitrogens with zero attached hydrogens (tertiary/aromatic N) is 1. The molecule has 1 aromatic carbocycles. The van der Waals surface area contributed by atoms with E-state index in [-0.39, 0.29) is 12.2 Å². The van der Waals surface area contributed by atoms with Crippen LogP contribution >= 0.6 is 11.6 Å². The molecule has 0 saturated heterocycles. The molecule has 2 aromatic rings. The monoisotopic (exact) mass is 263 g/mol. The molecule has 2 rings (SSSR count). The van der Waals surface area contributed by atoms with Crippen LogP contribution in [-0.4, -0.2) is 16.1 Å². The molecule has 1 aromatic heterocycles. The van der Waals surface area contributed by atoms with E-state index in [0.29, 0.717) is 10.8 Å². The second kappa shape index (κ2) is 5.51. The lowest BCUT2D eigenvalue weighted by molar-refractivity contribution is 0.0691. The predicted molar refractivity (Wildman–Crippen MR) is 67.0 cm³/mol. The Labute approximate surface area is 109 Å². The van der Waals surface area contributed by atoms with Crippen molar-refractivity contribution >= 4 is 17.6 Å². The largest absolute Gasteiger partial charge is 0.488 e. The van der Waals surface area contributed by atoms with Crippen LogP contribution in [0.2, 0.25) is 5.02 Å². The molecule has 0 aliphatic rings. The van der Waals surface area contributed by atoms with Gasteiger partial charge in [0, 0.05) is 17.4 Å². The highest BCUT2D eigenvalue weighted by atomic mass is 35.5. The summed E-state index contributed by atoms with van der Waals surface area (Å²) in [5.41, 5.74) is 0.957. The predicted octanol–water partition coefficient (Wildman–Crippen LogP) is 3.01. The Morgan fingerprint density at radius 3 is 2.67 bits per heavy atom. The number of pyridine rings is 1. The molecule has 1 N–H and O–H groups in total. The standard InChI is InChI=1S/C13H10ClNO3/c14-10-3-1-9(2-4-10)8-18-12-5-6-15-7-11(12)13(16)17/h1-7H,8H2,(H,16,17). The zero-order valence-corrected chi connectivity index (χ0v) is 10.1. The number of hydrogen-bond donors (Lipinski definition) is 1. The van der Waals surface area contributed by atoms with Gasteiger partial charge in [0.2, 0.25) is 0 Å². The van der Waals surface area contributed by atoms with E-state index in [9.17, 15) is 4.79 Å². The Kier molecular flexibility index (Phi) is 3.79. The third-order valence-electron chi connectivity index (χ3n) is 2.32. The third kappa shape index (κ3) is 2.99. The summed E-state index contributed by atoms with van der Waals surface area (Å²) < 4.78 is 5.46. The molecule has 0 spiro atoms. The molecule has 92 valence electrons. The first kappa shape index (κ1) is 12.4. The summed E-state index contributed by atoms with van der Waals surface area (Å²) in [5.74, 6) is -0.762. The van der Waals surface area contributed by atoms with E-state index in [1.54, 1.807) is 12.1 Å². The van der Waals surface area contributed by atoms with E-state index in [2.05, 4.69) is 4.98 Å². The van der Waals surface area contributed by atoms with Crippen molar-refractivity contribution in [1.82, 2.24) is 4.98 Å². The highest BCUT2D eigenvalue weighted by Crippen LogP contribution is 2.18. The molecule has 0 fully saturated rings. The smallest absolute Gasteiger partial charge is 0.341 e. The topological polar surface area (TPSA) is 59.4 Å². The van der Waals surface area contributed by atoms with E-state index in [4.69, 9.17) is 21.4 Å². The molecule has 0 atom stereocenters. The Morgan fingerprint density at radius 1 is 1.28 bits per heavy atom. The van der Waals surface area contributed by atoms with Crippen LogP contribution in [0.1, 0.15) is 15.9 Å². The molecule has 4 nitrogen and oxygen atoms in total. The quantitative estimate of drug-likeness (QED) is 0.921. The first-order valence-electron chi connectivity index (χ1n) is 5.21. The molecule has 0 saturated carbocycles. The summed E-state index contributed by atoms with van der Waals surface area (Å²) >= 11 is 5.77. The van der Waals surface area contributed by atoms with Crippen molar-refractivity contribution in [3.8, 4) is 5.75 Å². The maximum atomic E-state index is 10.9. The van der Waals surface area contributed by atoms with E-state index in [1.165, 1.54) is 18.5 Å². The lowest BCUT2D eigenvalue weighted by Gasteiger charge is -2.08. The number of hydrogen-bond acceptors (Lipinski definition) is 3. The Hall–Kier alpha value is -2.07. The van der Waals surface area contributed by atoms with Crippen LogP contribution in [-0.2, 0) is 6.61 Å². The van der Waals surface area contributed by atoms with Gasteiger partial charge in [0.25, 0.3) is 0 Å². The van der Waals surface area contributed by atoms with Crippen LogP contribution in [0.25, 0.3) is 0 Å². The van der Waals surface area contributed by atoms with Crippen molar-refractivity contribution in [2.45, 2.75) is 6.61 Å². The normalized spacial score (nSPS) is 10.1. The number of rotatable bonds is 4. The fourth-order valence-electron chi connectivity index (χ4n) is 1.41. The maximum absolute atomic E-state index is 10.9. The average molecular weight is 264 g/mol. The summed E-state index contributed by atoms with van der Waals surface area (Å²) in [6.07, 6.45) is 2.75. The molecule has 0 aliphatic heterocycles. The van der Waals surface area contributed by atoms with Crippen molar-refractivity contribution in [3.63, 3.8) is 0 Å². The molecule has 5 heteroatoms. The van der Waals surface area contributed by atoms with Crippen LogP contribution < -0.4 is 4.74 Å². The second-order valence-electron chi connectivity index (χ2n) is 3.59.